The van der Waals surface area contributed by atoms with Crippen LogP contribution in [0.1, 0.15) is 19.5 Å². The number of aliphatic imine (C=N–C) groups is 1. The normalized spacial score (nSPS) is 12.5. The fourth-order valence-electron chi connectivity index (χ4n) is 2.41. The number of hydrogen-bond acceptors (Lipinski definition) is 4. The molecule has 0 saturated carbocycles. The van der Waals surface area contributed by atoms with Gasteiger partial charge in [0.15, 0.2) is 10.9 Å². The highest BCUT2D eigenvalue weighted by Gasteiger charge is 2.07. The number of imidazole rings is 1. The van der Waals surface area contributed by atoms with E-state index in [0.717, 1.165) is 17.2 Å². The highest BCUT2D eigenvalue weighted by atomic mass is 127. The van der Waals surface area contributed by atoms with Gasteiger partial charge in [-0.25, -0.2) is 14.4 Å². The Balaban J connectivity index is 0.00000261. The first-order valence-corrected chi connectivity index (χ1v) is 9.37. The Morgan fingerprint density at radius 2 is 2.26 bits per heavy atom. The van der Waals surface area contributed by atoms with Crippen molar-refractivity contribution < 1.29 is 9.13 Å². The van der Waals surface area contributed by atoms with Gasteiger partial charge in [-0.2, -0.15) is 0 Å². The fourth-order valence-corrected chi connectivity index (χ4v) is 3.13. The van der Waals surface area contributed by atoms with E-state index in [1.807, 2.05) is 36.0 Å². The van der Waals surface area contributed by atoms with Gasteiger partial charge in [0.1, 0.15) is 17.7 Å². The van der Waals surface area contributed by atoms with E-state index in [4.69, 9.17) is 4.74 Å². The average molecular weight is 503 g/mol. The van der Waals surface area contributed by atoms with Crippen molar-refractivity contribution in [2.24, 2.45) is 4.99 Å². The van der Waals surface area contributed by atoms with E-state index < -0.39 is 0 Å². The van der Waals surface area contributed by atoms with Crippen LogP contribution in [0.2, 0.25) is 0 Å². The molecular formula is C18H23FIN5OS. The summed E-state index contributed by atoms with van der Waals surface area (Å²) in [5, 5.41) is 8.44. The molecule has 0 radical (unpaired) electrons. The maximum atomic E-state index is 13.2. The molecule has 0 amide bonds. The number of benzene rings is 1. The monoisotopic (exact) mass is 503 g/mol. The van der Waals surface area contributed by atoms with Gasteiger partial charge in [0.25, 0.3) is 0 Å². The molecule has 0 saturated heterocycles. The second-order valence-electron chi connectivity index (χ2n) is 5.79. The molecule has 0 aliphatic rings. The van der Waals surface area contributed by atoms with Crippen molar-refractivity contribution in [1.82, 2.24) is 20.0 Å². The van der Waals surface area contributed by atoms with Crippen molar-refractivity contribution in [2.45, 2.75) is 26.5 Å². The molecule has 1 aromatic carbocycles. The molecule has 6 nitrogen and oxygen atoms in total. The van der Waals surface area contributed by atoms with Crippen LogP contribution in [0, 0.1) is 5.82 Å². The zero-order chi connectivity index (χ0) is 18.4. The van der Waals surface area contributed by atoms with Crippen LogP contribution in [-0.2, 0) is 6.54 Å². The fraction of sp³-hybridized carbons (Fsp3) is 0.333. The summed E-state index contributed by atoms with van der Waals surface area (Å²) in [4.78, 5) is 10.0. The van der Waals surface area contributed by atoms with Crippen LogP contribution in [0.15, 0.2) is 47.0 Å². The third-order valence-electron chi connectivity index (χ3n) is 3.58. The zero-order valence-electron chi connectivity index (χ0n) is 15.2. The van der Waals surface area contributed by atoms with Gasteiger partial charge >= 0.3 is 0 Å². The van der Waals surface area contributed by atoms with Gasteiger partial charge in [0.2, 0.25) is 0 Å². The molecule has 27 heavy (non-hydrogen) atoms. The summed E-state index contributed by atoms with van der Waals surface area (Å²) in [6.45, 7) is 5.72. The predicted octanol–water partition coefficient (Wildman–Crippen LogP) is 3.68. The smallest absolute Gasteiger partial charge is 0.193 e. The molecule has 3 rings (SSSR count). The molecule has 0 spiro atoms. The van der Waals surface area contributed by atoms with Crippen LogP contribution in [0.4, 0.5) is 4.39 Å². The molecule has 146 valence electrons. The Morgan fingerprint density at radius 1 is 1.41 bits per heavy atom. The Hall–Kier alpha value is -1.88. The lowest BCUT2D eigenvalue weighted by Crippen LogP contribution is -2.41. The Labute approximate surface area is 178 Å². The summed E-state index contributed by atoms with van der Waals surface area (Å²) in [5.74, 6) is 0.899. The minimum Gasteiger partial charge on any atom is -0.489 e. The molecular weight excluding hydrogens is 480 g/mol. The van der Waals surface area contributed by atoms with Crippen molar-refractivity contribution in [2.75, 3.05) is 13.1 Å². The van der Waals surface area contributed by atoms with Crippen molar-refractivity contribution >= 4 is 46.2 Å². The summed E-state index contributed by atoms with van der Waals surface area (Å²) < 4.78 is 20.9. The first kappa shape index (κ1) is 21.4. The van der Waals surface area contributed by atoms with E-state index in [0.29, 0.717) is 24.8 Å². The average Bonchev–Trinajstić information content (AvgIpc) is 3.19. The quantitative estimate of drug-likeness (QED) is 0.294. The molecule has 0 aliphatic heterocycles. The SMILES string of the molecule is CCNC(=NCc1cn2ccsc2n1)NCC(C)Oc1cccc(F)c1.I. The van der Waals surface area contributed by atoms with Crippen molar-refractivity contribution in [3.05, 3.63) is 53.6 Å². The molecule has 1 atom stereocenters. The van der Waals surface area contributed by atoms with Crippen molar-refractivity contribution in [1.29, 1.82) is 0 Å². The van der Waals surface area contributed by atoms with Gasteiger partial charge in [-0.15, -0.1) is 35.3 Å². The first-order chi connectivity index (χ1) is 12.6. The predicted molar refractivity (Wildman–Crippen MR) is 118 cm³/mol. The maximum Gasteiger partial charge on any atom is 0.193 e. The topological polar surface area (TPSA) is 63.0 Å². The summed E-state index contributed by atoms with van der Waals surface area (Å²) in [6.07, 6.45) is 3.82. The largest absolute Gasteiger partial charge is 0.489 e. The molecule has 0 aliphatic carbocycles. The van der Waals surface area contributed by atoms with Gasteiger partial charge in [-0.3, -0.25) is 4.40 Å². The number of hydrogen-bond donors (Lipinski definition) is 2. The molecule has 1 unspecified atom stereocenters. The lowest BCUT2D eigenvalue weighted by molar-refractivity contribution is 0.223. The molecule has 2 aromatic heterocycles. The van der Waals surface area contributed by atoms with E-state index in [9.17, 15) is 4.39 Å². The second-order valence-corrected chi connectivity index (χ2v) is 6.66. The number of halogens is 2. The molecule has 0 fully saturated rings. The van der Waals surface area contributed by atoms with Crippen LogP contribution in [0.5, 0.6) is 5.75 Å². The third-order valence-corrected chi connectivity index (χ3v) is 4.35. The lowest BCUT2D eigenvalue weighted by atomic mass is 10.3. The van der Waals surface area contributed by atoms with Gasteiger partial charge in [-0.05, 0) is 26.0 Å². The van der Waals surface area contributed by atoms with Crippen LogP contribution in [0.25, 0.3) is 4.96 Å². The Bertz CT molecular complexity index is 853. The Kier molecular flexibility index (Phi) is 8.29. The van der Waals surface area contributed by atoms with Crippen LogP contribution >= 0.6 is 35.3 Å². The number of nitrogens with one attached hydrogen (secondary N) is 2. The molecule has 0 bridgehead atoms. The van der Waals surface area contributed by atoms with E-state index in [-0.39, 0.29) is 35.9 Å². The molecule has 2 heterocycles. The Morgan fingerprint density at radius 3 is 3.00 bits per heavy atom. The van der Waals surface area contributed by atoms with Gasteiger partial charge in [-0.1, -0.05) is 6.07 Å². The first-order valence-electron chi connectivity index (χ1n) is 8.49. The number of thiazole rings is 1. The zero-order valence-corrected chi connectivity index (χ0v) is 18.3. The number of aromatic nitrogens is 2. The van der Waals surface area contributed by atoms with E-state index >= 15 is 0 Å². The van der Waals surface area contributed by atoms with Gasteiger partial charge in [0.05, 0.1) is 18.8 Å². The van der Waals surface area contributed by atoms with E-state index in [1.54, 1.807) is 23.5 Å². The number of rotatable bonds is 7. The van der Waals surface area contributed by atoms with E-state index in [2.05, 4.69) is 20.6 Å². The standard InChI is InChI=1S/C18H22FN5OS.HI/c1-3-20-17(22-11-15-12-24-7-8-26-18(24)23-15)21-10-13(2)25-16-6-4-5-14(19)9-16;/h4-9,12-13H,3,10-11H2,1-2H3,(H2,20,21,22);1H. The van der Waals surface area contributed by atoms with Crippen molar-refractivity contribution in [3.63, 3.8) is 0 Å². The number of ether oxygens (including phenoxy) is 1. The summed E-state index contributed by atoms with van der Waals surface area (Å²) in [6, 6.07) is 6.14. The summed E-state index contributed by atoms with van der Waals surface area (Å²) >= 11 is 1.60. The summed E-state index contributed by atoms with van der Waals surface area (Å²) in [5.41, 5.74) is 0.915. The minimum absolute atomic E-state index is 0. The van der Waals surface area contributed by atoms with Crippen LogP contribution < -0.4 is 15.4 Å². The van der Waals surface area contributed by atoms with Gasteiger partial charge < -0.3 is 15.4 Å². The van der Waals surface area contributed by atoms with Gasteiger partial charge in [0, 0.05) is 30.4 Å². The number of fused-ring (bicyclic) bond motifs is 1. The molecule has 2 N–H and O–H groups in total. The van der Waals surface area contributed by atoms with Crippen LogP contribution in [-0.4, -0.2) is 34.5 Å². The number of guanidine groups is 1. The van der Waals surface area contributed by atoms with Crippen molar-refractivity contribution in [3.8, 4) is 5.75 Å². The maximum absolute atomic E-state index is 13.2. The molecule has 3 aromatic rings. The van der Waals surface area contributed by atoms with Crippen LogP contribution in [0.3, 0.4) is 0 Å². The number of nitrogens with zero attached hydrogens (tertiary/aromatic N) is 3. The molecule has 9 heteroatoms. The minimum atomic E-state index is -0.308. The lowest BCUT2D eigenvalue weighted by Gasteiger charge is -2.17. The highest BCUT2D eigenvalue weighted by Crippen LogP contribution is 2.14. The highest BCUT2D eigenvalue weighted by molar-refractivity contribution is 14.0. The summed E-state index contributed by atoms with van der Waals surface area (Å²) in [7, 11) is 0. The second kappa shape index (κ2) is 10.5. The third kappa shape index (κ3) is 6.35. The van der Waals surface area contributed by atoms with E-state index in [1.165, 1.54) is 12.1 Å².